The van der Waals surface area contributed by atoms with Crippen molar-refractivity contribution < 1.29 is 9.84 Å². The lowest BCUT2D eigenvalue weighted by atomic mass is 10.3. The number of anilines is 1. The number of hydrogen-bond acceptors (Lipinski definition) is 6. The average Bonchev–Trinajstić information content (AvgIpc) is 2.71. The molecule has 1 fully saturated rings. The van der Waals surface area contributed by atoms with Crippen LogP contribution in [0.3, 0.4) is 0 Å². The molecule has 2 rings (SSSR count). The molecule has 7 heteroatoms. The van der Waals surface area contributed by atoms with E-state index in [1.807, 2.05) is 0 Å². The van der Waals surface area contributed by atoms with Crippen LogP contribution in [0.1, 0.15) is 11.8 Å². The Morgan fingerprint density at radius 2 is 2.56 bits per heavy atom. The minimum Gasteiger partial charge on any atom is -0.393 e. The van der Waals surface area contributed by atoms with E-state index in [-0.39, 0.29) is 24.1 Å². The number of aliphatic hydroxyl groups is 1. The van der Waals surface area contributed by atoms with Crippen LogP contribution in [-0.4, -0.2) is 32.5 Å². The fourth-order valence-corrected chi connectivity index (χ4v) is 2.40. The quantitative estimate of drug-likeness (QED) is 0.742. The van der Waals surface area contributed by atoms with Gasteiger partial charge in [-0.2, -0.15) is 4.98 Å². The van der Waals surface area contributed by atoms with Gasteiger partial charge in [-0.15, -0.1) is 11.8 Å². The molecule has 0 radical (unpaired) electrons. The van der Waals surface area contributed by atoms with Crippen LogP contribution < -0.4 is 11.4 Å². The Kier molecular flexibility index (Phi) is 3.17. The van der Waals surface area contributed by atoms with Crippen molar-refractivity contribution in [1.29, 1.82) is 0 Å². The first-order valence-corrected chi connectivity index (χ1v) is 5.90. The molecule has 2 atom stereocenters. The third kappa shape index (κ3) is 2.06. The second-order valence-corrected chi connectivity index (χ2v) is 4.73. The van der Waals surface area contributed by atoms with Gasteiger partial charge in [-0.25, -0.2) is 4.79 Å². The van der Waals surface area contributed by atoms with Gasteiger partial charge in [0.15, 0.2) is 0 Å². The predicted octanol–water partition coefficient (Wildman–Crippen LogP) is -0.286. The Labute approximate surface area is 96.4 Å². The van der Waals surface area contributed by atoms with E-state index < -0.39 is 5.69 Å². The molecule has 0 bridgehead atoms. The van der Waals surface area contributed by atoms with Gasteiger partial charge in [0.25, 0.3) is 0 Å². The number of nitrogen functional groups attached to an aromatic ring is 1. The van der Waals surface area contributed by atoms with E-state index in [1.54, 1.807) is 13.1 Å². The van der Waals surface area contributed by atoms with Crippen molar-refractivity contribution in [3.8, 4) is 0 Å². The SMILES string of the molecule is Cc1cn(C2CS[C@@H](CO)O2)c(=O)nc1N. The summed E-state index contributed by atoms with van der Waals surface area (Å²) in [6.45, 7) is 1.72. The summed E-state index contributed by atoms with van der Waals surface area (Å²) in [4.78, 5) is 15.3. The normalized spacial score (nSPS) is 24.9. The smallest absolute Gasteiger partial charge is 0.351 e. The highest BCUT2D eigenvalue weighted by atomic mass is 32.2. The highest BCUT2D eigenvalue weighted by molar-refractivity contribution is 8.00. The number of rotatable bonds is 2. The summed E-state index contributed by atoms with van der Waals surface area (Å²) in [6.07, 6.45) is 1.26. The largest absolute Gasteiger partial charge is 0.393 e. The van der Waals surface area contributed by atoms with Gasteiger partial charge in [-0.3, -0.25) is 4.57 Å². The molecule has 0 aromatic carbocycles. The van der Waals surface area contributed by atoms with Crippen LogP contribution in [0.2, 0.25) is 0 Å². The van der Waals surface area contributed by atoms with E-state index in [2.05, 4.69) is 4.98 Å². The molecule has 3 N–H and O–H groups in total. The van der Waals surface area contributed by atoms with Crippen LogP contribution >= 0.6 is 11.8 Å². The summed E-state index contributed by atoms with van der Waals surface area (Å²) >= 11 is 1.47. The molecule has 16 heavy (non-hydrogen) atoms. The maximum Gasteiger partial charge on any atom is 0.351 e. The Bertz CT molecular complexity index is 448. The lowest BCUT2D eigenvalue weighted by Gasteiger charge is -2.14. The molecule has 6 nitrogen and oxygen atoms in total. The second kappa shape index (κ2) is 4.44. The number of ether oxygens (including phenoxy) is 1. The van der Waals surface area contributed by atoms with E-state index in [0.717, 1.165) is 5.56 Å². The number of aromatic nitrogens is 2. The summed E-state index contributed by atoms with van der Waals surface area (Å²) in [5.41, 5.74) is 5.58. The van der Waals surface area contributed by atoms with Crippen molar-refractivity contribution >= 4 is 17.6 Å². The standard InChI is InChI=1S/C9H13N3O3S/c1-5-2-12(9(14)11-8(5)10)6-4-16-7(3-13)15-6/h2,6-7,13H,3-4H2,1H3,(H2,10,11,14)/t6?,7-/m0/s1. The summed E-state index contributed by atoms with van der Waals surface area (Å²) < 4.78 is 6.88. The molecule has 1 saturated heterocycles. The maximum atomic E-state index is 11.6. The molecule has 1 unspecified atom stereocenters. The Morgan fingerprint density at radius 3 is 3.19 bits per heavy atom. The molecule has 1 aromatic rings. The Morgan fingerprint density at radius 1 is 1.81 bits per heavy atom. The molecular formula is C9H13N3O3S. The Hall–Kier alpha value is -1.05. The summed E-state index contributed by atoms with van der Waals surface area (Å²) in [5.74, 6) is 0.863. The van der Waals surface area contributed by atoms with Crippen LogP contribution in [0.4, 0.5) is 5.82 Å². The van der Waals surface area contributed by atoms with Gasteiger partial charge in [0.05, 0.1) is 6.61 Å². The van der Waals surface area contributed by atoms with Gasteiger partial charge in [0, 0.05) is 17.5 Å². The molecule has 88 valence electrons. The summed E-state index contributed by atoms with van der Waals surface area (Å²) in [6, 6.07) is 0. The van der Waals surface area contributed by atoms with E-state index in [4.69, 9.17) is 15.6 Å². The number of aliphatic hydroxyl groups excluding tert-OH is 1. The van der Waals surface area contributed by atoms with Crippen molar-refractivity contribution in [3.63, 3.8) is 0 Å². The van der Waals surface area contributed by atoms with Gasteiger partial charge < -0.3 is 15.6 Å². The van der Waals surface area contributed by atoms with Gasteiger partial charge in [0.2, 0.25) is 0 Å². The molecule has 1 aliphatic rings. The molecule has 0 aliphatic carbocycles. The zero-order valence-corrected chi connectivity index (χ0v) is 9.61. The van der Waals surface area contributed by atoms with Gasteiger partial charge in [0.1, 0.15) is 17.5 Å². The van der Waals surface area contributed by atoms with Crippen molar-refractivity contribution in [2.45, 2.75) is 18.6 Å². The monoisotopic (exact) mass is 243 g/mol. The molecule has 0 spiro atoms. The second-order valence-electron chi connectivity index (χ2n) is 3.54. The zero-order chi connectivity index (χ0) is 11.7. The third-order valence-corrected chi connectivity index (χ3v) is 3.48. The van der Waals surface area contributed by atoms with Crippen LogP contribution in [-0.2, 0) is 4.74 Å². The molecule has 2 heterocycles. The van der Waals surface area contributed by atoms with E-state index in [0.29, 0.717) is 5.75 Å². The van der Waals surface area contributed by atoms with Crippen molar-refractivity contribution in [1.82, 2.24) is 9.55 Å². The minimum absolute atomic E-state index is 0.0582. The number of aryl methyl sites for hydroxylation is 1. The van der Waals surface area contributed by atoms with Crippen molar-refractivity contribution in [2.75, 3.05) is 18.1 Å². The molecule has 0 amide bonds. The highest BCUT2D eigenvalue weighted by Gasteiger charge is 2.27. The average molecular weight is 243 g/mol. The topological polar surface area (TPSA) is 90.4 Å². The molecule has 1 aliphatic heterocycles. The predicted molar refractivity (Wildman–Crippen MR) is 61.1 cm³/mol. The van der Waals surface area contributed by atoms with Gasteiger partial charge >= 0.3 is 5.69 Å². The van der Waals surface area contributed by atoms with E-state index in [1.165, 1.54) is 16.3 Å². The number of hydrogen-bond donors (Lipinski definition) is 2. The van der Waals surface area contributed by atoms with E-state index in [9.17, 15) is 4.79 Å². The van der Waals surface area contributed by atoms with Crippen LogP contribution in [0, 0.1) is 6.92 Å². The van der Waals surface area contributed by atoms with Crippen LogP contribution in [0.25, 0.3) is 0 Å². The lowest BCUT2D eigenvalue weighted by Crippen LogP contribution is -2.29. The van der Waals surface area contributed by atoms with E-state index >= 15 is 0 Å². The Balaban J connectivity index is 2.28. The van der Waals surface area contributed by atoms with Crippen LogP contribution in [0.15, 0.2) is 11.0 Å². The number of nitrogens with two attached hydrogens (primary N) is 1. The minimum atomic E-state index is -0.424. The van der Waals surface area contributed by atoms with Crippen molar-refractivity contribution in [2.24, 2.45) is 0 Å². The molecule has 0 saturated carbocycles. The maximum absolute atomic E-state index is 11.6. The van der Waals surface area contributed by atoms with Gasteiger partial charge in [-0.1, -0.05) is 0 Å². The molecular weight excluding hydrogens is 230 g/mol. The first-order valence-electron chi connectivity index (χ1n) is 4.85. The summed E-state index contributed by atoms with van der Waals surface area (Å²) in [5, 5.41) is 8.93. The first-order chi connectivity index (χ1) is 7.61. The summed E-state index contributed by atoms with van der Waals surface area (Å²) in [7, 11) is 0. The highest BCUT2D eigenvalue weighted by Crippen LogP contribution is 2.30. The zero-order valence-electron chi connectivity index (χ0n) is 8.79. The fraction of sp³-hybridized carbons (Fsp3) is 0.556. The fourth-order valence-electron chi connectivity index (χ4n) is 1.47. The molecule has 1 aromatic heterocycles. The number of nitrogens with zero attached hydrogens (tertiary/aromatic N) is 2. The number of thioether (sulfide) groups is 1. The van der Waals surface area contributed by atoms with Gasteiger partial charge in [-0.05, 0) is 6.92 Å². The first kappa shape index (κ1) is 11.4. The van der Waals surface area contributed by atoms with Crippen molar-refractivity contribution in [3.05, 3.63) is 22.2 Å². The lowest BCUT2D eigenvalue weighted by molar-refractivity contribution is -0.00637. The van der Waals surface area contributed by atoms with Crippen LogP contribution in [0.5, 0.6) is 0 Å². The third-order valence-electron chi connectivity index (χ3n) is 2.37.